The summed E-state index contributed by atoms with van der Waals surface area (Å²) in [5.41, 5.74) is 3.11. The van der Waals surface area contributed by atoms with Crippen molar-refractivity contribution >= 4 is 39.0 Å². The zero-order valence-electron chi connectivity index (χ0n) is 19.3. The van der Waals surface area contributed by atoms with E-state index in [0.717, 1.165) is 15.6 Å². The molecule has 0 saturated carbocycles. The van der Waals surface area contributed by atoms with Gasteiger partial charge in [0.15, 0.2) is 5.82 Å². The van der Waals surface area contributed by atoms with Gasteiger partial charge in [-0.3, -0.25) is 4.79 Å². The second kappa shape index (κ2) is 10.1. The van der Waals surface area contributed by atoms with E-state index in [9.17, 15) is 9.59 Å². The molecule has 0 spiro atoms. The smallest absolute Gasteiger partial charge is 0.343 e. The van der Waals surface area contributed by atoms with Crippen LogP contribution in [-0.2, 0) is 0 Å². The number of hydrogen-bond donors (Lipinski definition) is 0. The Bertz CT molecular complexity index is 1660. The molecule has 0 atom stereocenters. The Morgan fingerprint density at radius 1 is 0.917 bits per heavy atom. The van der Waals surface area contributed by atoms with Crippen LogP contribution in [0.1, 0.15) is 21.5 Å². The van der Waals surface area contributed by atoms with Gasteiger partial charge in [-0.1, -0.05) is 70.0 Å². The van der Waals surface area contributed by atoms with Crippen molar-refractivity contribution in [3.8, 4) is 17.1 Å². The molecular weight excluding hydrogens is 518 g/mol. The summed E-state index contributed by atoms with van der Waals surface area (Å²) >= 11 is 3.36. The van der Waals surface area contributed by atoms with Crippen molar-refractivity contribution in [2.75, 3.05) is 0 Å². The van der Waals surface area contributed by atoms with Gasteiger partial charge >= 0.3 is 5.97 Å². The third-order valence-corrected chi connectivity index (χ3v) is 6.11. The van der Waals surface area contributed by atoms with Crippen molar-refractivity contribution in [1.29, 1.82) is 0 Å². The summed E-state index contributed by atoms with van der Waals surface area (Å²) in [7, 11) is 0. The van der Waals surface area contributed by atoms with Gasteiger partial charge in [-0.05, 0) is 55.5 Å². The Balaban J connectivity index is 1.56. The van der Waals surface area contributed by atoms with E-state index in [4.69, 9.17) is 9.72 Å². The number of para-hydroxylation sites is 2. The van der Waals surface area contributed by atoms with Crippen LogP contribution in [0.5, 0.6) is 5.75 Å². The summed E-state index contributed by atoms with van der Waals surface area (Å²) < 4.78 is 7.78. The van der Waals surface area contributed by atoms with Crippen molar-refractivity contribution in [2.45, 2.75) is 6.92 Å². The maximum absolute atomic E-state index is 13.4. The number of aryl methyl sites for hydroxylation is 1. The fourth-order valence-electron chi connectivity index (χ4n) is 3.67. The number of halogens is 1. The molecule has 4 aromatic carbocycles. The van der Waals surface area contributed by atoms with Gasteiger partial charge in [-0.2, -0.15) is 9.78 Å². The summed E-state index contributed by atoms with van der Waals surface area (Å²) in [5.74, 6) is 0.250. The van der Waals surface area contributed by atoms with E-state index in [0.29, 0.717) is 33.6 Å². The number of carbonyl (C=O) groups excluding carboxylic acids is 1. The minimum atomic E-state index is -0.492. The SMILES string of the molecule is Cc1ccc(-c2nc3ccccc3c(=O)n2N=Cc2ccccc2OC(=O)c2ccc(Br)cc2)cc1. The molecule has 1 heterocycles. The largest absolute Gasteiger partial charge is 0.422 e. The number of aromatic nitrogens is 2. The van der Waals surface area contributed by atoms with Crippen molar-refractivity contribution in [1.82, 2.24) is 9.66 Å². The predicted octanol–water partition coefficient (Wildman–Crippen LogP) is 6.24. The van der Waals surface area contributed by atoms with Crippen molar-refractivity contribution in [2.24, 2.45) is 5.10 Å². The highest BCUT2D eigenvalue weighted by molar-refractivity contribution is 9.10. The van der Waals surface area contributed by atoms with Crippen LogP contribution >= 0.6 is 15.9 Å². The van der Waals surface area contributed by atoms with Crippen molar-refractivity contribution in [3.63, 3.8) is 0 Å². The highest BCUT2D eigenvalue weighted by Crippen LogP contribution is 2.21. The molecule has 0 radical (unpaired) electrons. The highest BCUT2D eigenvalue weighted by Gasteiger charge is 2.14. The van der Waals surface area contributed by atoms with Gasteiger partial charge in [-0.15, -0.1) is 0 Å². The van der Waals surface area contributed by atoms with Gasteiger partial charge in [0.1, 0.15) is 5.75 Å². The molecule has 6 nitrogen and oxygen atoms in total. The summed E-state index contributed by atoms with van der Waals surface area (Å²) in [6, 6.07) is 28.8. The minimum absolute atomic E-state index is 0.295. The van der Waals surface area contributed by atoms with Crippen LogP contribution in [0.25, 0.3) is 22.3 Å². The standard InChI is InChI=1S/C29H20BrN3O3/c1-19-10-12-20(13-11-19)27-32-25-8-4-3-7-24(25)28(34)33(27)31-18-22-6-2-5-9-26(22)36-29(35)21-14-16-23(30)17-15-21/h2-18H,1H3. The predicted molar refractivity (Wildman–Crippen MR) is 145 cm³/mol. The Kier molecular flexibility index (Phi) is 6.56. The summed E-state index contributed by atoms with van der Waals surface area (Å²) in [4.78, 5) is 30.8. The molecule has 0 amide bonds. The molecule has 7 heteroatoms. The molecule has 36 heavy (non-hydrogen) atoms. The maximum Gasteiger partial charge on any atom is 0.343 e. The summed E-state index contributed by atoms with van der Waals surface area (Å²) in [6.07, 6.45) is 1.50. The van der Waals surface area contributed by atoms with E-state index < -0.39 is 5.97 Å². The molecule has 0 unspecified atom stereocenters. The quantitative estimate of drug-likeness (QED) is 0.151. The number of nitrogens with zero attached hydrogens (tertiary/aromatic N) is 3. The minimum Gasteiger partial charge on any atom is -0.422 e. The normalized spacial score (nSPS) is 11.2. The van der Waals surface area contributed by atoms with Crippen molar-refractivity contribution in [3.05, 3.63) is 129 Å². The fraction of sp³-hybridized carbons (Fsp3) is 0.0345. The third kappa shape index (κ3) is 4.87. The number of hydrogen-bond acceptors (Lipinski definition) is 5. The molecule has 0 fully saturated rings. The van der Waals surface area contributed by atoms with Crippen LogP contribution in [0, 0.1) is 6.92 Å². The number of rotatable bonds is 5. The average Bonchev–Trinajstić information content (AvgIpc) is 2.90. The summed E-state index contributed by atoms with van der Waals surface area (Å²) in [5, 5.41) is 4.96. The highest BCUT2D eigenvalue weighted by atomic mass is 79.9. The number of fused-ring (bicyclic) bond motifs is 1. The Morgan fingerprint density at radius 2 is 1.61 bits per heavy atom. The monoisotopic (exact) mass is 537 g/mol. The lowest BCUT2D eigenvalue weighted by Crippen LogP contribution is -2.20. The van der Waals surface area contributed by atoms with Gasteiger partial charge in [0.05, 0.1) is 22.7 Å². The third-order valence-electron chi connectivity index (χ3n) is 5.58. The topological polar surface area (TPSA) is 73.6 Å². The molecule has 0 N–H and O–H groups in total. The van der Waals surface area contributed by atoms with Crippen molar-refractivity contribution < 1.29 is 9.53 Å². The van der Waals surface area contributed by atoms with Crippen LogP contribution in [0.15, 0.2) is 111 Å². The molecule has 5 rings (SSSR count). The van der Waals surface area contributed by atoms with Crippen LogP contribution in [0.4, 0.5) is 0 Å². The Morgan fingerprint density at radius 3 is 2.39 bits per heavy atom. The van der Waals surface area contributed by atoms with Crippen LogP contribution in [0.2, 0.25) is 0 Å². The average molecular weight is 538 g/mol. The molecule has 0 saturated heterocycles. The first-order chi connectivity index (χ1) is 17.5. The van der Waals surface area contributed by atoms with Gasteiger partial charge in [0.25, 0.3) is 5.56 Å². The van der Waals surface area contributed by atoms with E-state index in [-0.39, 0.29) is 5.56 Å². The first-order valence-electron chi connectivity index (χ1n) is 11.2. The fourth-order valence-corrected chi connectivity index (χ4v) is 3.93. The van der Waals surface area contributed by atoms with Gasteiger partial charge in [0, 0.05) is 15.6 Å². The number of esters is 1. The maximum atomic E-state index is 13.4. The van der Waals surface area contributed by atoms with E-state index in [2.05, 4.69) is 21.0 Å². The molecule has 176 valence electrons. The van der Waals surface area contributed by atoms with Crippen LogP contribution in [0.3, 0.4) is 0 Å². The lowest BCUT2D eigenvalue weighted by molar-refractivity contribution is 0.0734. The Hall–Kier alpha value is -4.36. The van der Waals surface area contributed by atoms with Crippen LogP contribution in [-0.4, -0.2) is 21.8 Å². The summed E-state index contributed by atoms with van der Waals surface area (Å²) in [6.45, 7) is 2.00. The van der Waals surface area contributed by atoms with E-state index in [1.165, 1.54) is 10.9 Å². The first kappa shape index (κ1) is 23.4. The molecule has 0 aliphatic rings. The number of benzene rings is 4. The lowest BCUT2D eigenvalue weighted by Gasteiger charge is -2.10. The van der Waals surface area contributed by atoms with E-state index in [1.54, 1.807) is 66.7 Å². The second-order valence-electron chi connectivity index (χ2n) is 8.11. The Labute approximate surface area is 215 Å². The second-order valence-corrected chi connectivity index (χ2v) is 9.03. The van der Waals surface area contributed by atoms with E-state index >= 15 is 0 Å². The van der Waals surface area contributed by atoms with Crippen LogP contribution < -0.4 is 10.3 Å². The molecule has 0 bridgehead atoms. The van der Waals surface area contributed by atoms with Gasteiger partial charge in [0.2, 0.25) is 0 Å². The zero-order valence-corrected chi connectivity index (χ0v) is 20.8. The van der Waals surface area contributed by atoms with Gasteiger partial charge < -0.3 is 4.74 Å². The zero-order chi connectivity index (χ0) is 25.1. The number of carbonyl (C=O) groups is 1. The first-order valence-corrected chi connectivity index (χ1v) is 12.0. The molecule has 5 aromatic rings. The van der Waals surface area contributed by atoms with E-state index in [1.807, 2.05) is 37.3 Å². The molecular formula is C29H20BrN3O3. The molecule has 0 aliphatic heterocycles. The number of ether oxygens (including phenoxy) is 1. The van der Waals surface area contributed by atoms with Gasteiger partial charge in [-0.25, -0.2) is 9.78 Å². The molecule has 0 aliphatic carbocycles. The lowest BCUT2D eigenvalue weighted by atomic mass is 10.1. The molecule has 1 aromatic heterocycles.